The number of rotatable bonds is 6. The summed E-state index contributed by atoms with van der Waals surface area (Å²) in [7, 11) is 2.00. The molecule has 1 aliphatic heterocycles. The minimum Gasteiger partial charge on any atom is -0.410 e. The van der Waals surface area contributed by atoms with Crippen LogP contribution in [-0.4, -0.2) is 45.3 Å². The van der Waals surface area contributed by atoms with Crippen LogP contribution in [0.15, 0.2) is 72.1 Å². The number of amides is 2. The zero-order valence-electron chi connectivity index (χ0n) is 17.9. The van der Waals surface area contributed by atoms with Crippen LogP contribution in [0.1, 0.15) is 23.2 Å². The standard InChI is InChI=1S/C24H26N4O3S/c1-27-16-13-25-23(27)32-17-18-11-14-28(15-12-18)24(30)31-21-9-7-20(8-10-21)26-22(29)19-5-3-2-4-6-19/h2-10,13,16,18H,11-12,14-15,17H2,1H3,(H,26,29). The summed E-state index contributed by atoms with van der Waals surface area (Å²) in [4.78, 5) is 30.9. The summed E-state index contributed by atoms with van der Waals surface area (Å²) in [5.41, 5.74) is 1.23. The number of anilines is 1. The third kappa shape index (κ3) is 5.70. The Morgan fingerprint density at radius 2 is 1.81 bits per heavy atom. The molecule has 7 nitrogen and oxygen atoms in total. The van der Waals surface area contributed by atoms with Crippen molar-refractivity contribution in [2.24, 2.45) is 13.0 Å². The average Bonchev–Trinajstić information content (AvgIpc) is 3.24. The molecule has 0 aliphatic carbocycles. The largest absolute Gasteiger partial charge is 0.415 e. The van der Waals surface area contributed by atoms with E-state index in [0.29, 0.717) is 36.0 Å². The molecule has 3 aromatic rings. The Morgan fingerprint density at radius 3 is 2.47 bits per heavy atom. The molecular weight excluding hydrogens is 424 g/mol. The average molecular weight is 451 g/mol. The number of aryl methyl sites for hydroxylation is 1. The van der Waals surface area contributed by atoms with Gasteiger partial charge in [0.1, 0.15) is 5.75 Å². The lowest BCUT2D eigenvalue weighted by atomic mass is 9.99. The van der Waals surface area contributed by atoms with E-state index in [0.717, 1.165) is 23.8 Å². The van der Waals surface area contributed by atoms with Gasteiger partial charge in [-0.25, -0.2) is 9.78 Å². The number of ether oxygens (including phenoxy) is 1. The highest BCUT2D eigenvalue weighted by molar-refractivity contribution is 7.99. The first-order valence-electron chi connectivity index (χ1n) is 10.6. The second-order valence-electron chi connectivity index (χ2n) is 7.77. The zero-order chi connectivity index (χ0) is 22.3. The van der Waals surface area contributed by atoms with E-state index in [9.17, 15) is 9.59 Å². The summed E-state index contributed by atoms with van der Waals surface area (Å²) in [5.74, 6) is 1.84. The van der Waals surface area contributed by atoms with Gasteiger partial charge in [-0.1, -0.05) is 30.0 Å². The van der Waals surface area contributed by atoms with Gasteiger partial charge in [-0.05, 0) is 55.2 Å². The fourth-order valence-electron chi connectivity index (χ4n) is 3.53. The smallest absolute Gasteiger partial charge is 0.410 e. The van der Waals surface area contributed by atoms with E-state index in [1.54, 1.807) is 53.1 Å². The van der Waals surface area contributed by atoms with Gasteiger partial charge in [0.25, 0.3) is 5.91 Å². The number of thioether (sulfide) groups is 1. The minimum atomic E-state index is -0.332. The number of nitrogens with one attached hydrogen (secondary N) is 1. The number of benzene rings is 2. The van der Waals surface area contributed by atoms with Gasteiger partial charge in [0.05, 0.1) is 0 Å². The van der Waals surface area contributed by atoms with Gasteiger partial charge in [-0.2, -0.15) is 0 Å². The first-order valence-corrected chi connectivity index (χ1v) is 11.6. The Balaban J connectivity index is 1.22. The van der Waals surface area contributed by atoms with Gasteiger partial charge < -0.3 is 19.5 Å². The third-order valence-corrected chi connectivity index (χ3v) is 6.74. The van der Waals surface area contributed by atoms with Gasteiger partial charge in [0, 0.05) is 49.5 Å². The molecule has 4 rings (SSSR count). The minimum absolute atomic E-state index is 0.181. The molecule has 1 fully saturated rings. The summed E-state index contributed by atoms with van der Waals surface area (Å²) < 4.78 is 7.55. The molecule has 2 amide bonds. The SMILES string of the molecule is Cn1ccnc1SCC1CCN(C(=O)Oc2ccc(NC(=O)c3ccccc3)cc2)CC1. The second-order valence-corrected chi connectivity index (χ2v) is 8.76. The van der Waals surface area contributed by atoms with Crippen molar-refractivity contribution in [2.45, 2.75) is 18.0 Å². The molecule has 0 atom stereocenters. The van der Waals surface area contributed by atoms with Crippen LogP contribution in [0.5, 0.6) is 5.75 Å². The number of hydrogen-bond acceptors (Lipinski definition) is 5. The van der Waals surface area contributed by atoms with Crippen LogP contribution in [0.2, 0.25) is 0 Å². The molecule has 0 saturated carbocycles. The van der Waals surface area contributed by atoms with Crippen LogP contribution in [-0.2, 0) is 7.05 Å². The highest BCUT2D eigenvalue weighted by atomic mass is 32.2. The summed E-state index contributed by atoms with van der Waals surface area (Å²) in [5, 5.41) is 3.86. The number of carbonyl (C=O) groups excluding carboxylic acids is 2. The van der Waals surface area contributed by atoms with Crippen molar-refractivity contribution in [3.05, 3.63) is 72.6 Å². The topological polar surface area (TPSA) is 76.5 Å². The van der Waals surface area contributed by atoms with E-state index in [1.165, 1.54) is 0 Å². The number of imidazole rings is 1. The Bertz CT molecular complexity index is 1040. The molecule has 0 spiro atoms. The maximum absolute atomic E-state index is 12.5. The van der Waals surface area contributed by atoms with Crippen LogP contribution in [0.4, 0.5) is 10.5 Å². The van der Waals surface area contributed by atoms with E-state index >= 15 is 0 Å². The van der Waals surface area contributed by atoms with Crippen LogP contribution in [0, 0.1) is 5.92 Å². The summed E-state index contributed by atoms with van der Waals surface area (Å²) >= 11 is 1.76. The monoisotopic (exact) mass is 450 g/mol. The van der Waals surface area contributed by atoms with E-state index in [2.05, 4.69) is 10.3 Å². The van der Waals surface area contributed by atoms with Gasteiger partial charge in [0.2, 0.25) is 0 Å². The zero-order valence-corrected chi connectivity index (χ0v) is 18.8. The number of likely N-dealkylation sites (tertiary alicyclic amines) is 1. The highest BCUT2D eigenvalue weighted by Gasteiger charge is 2.24. The van der Waals surface area contributed by atoms with Crippen LogP contribution >= 0.6 is 11.8 Å². The van der Waals surface area contributed by atoms with Crippen molar-refractivity contribution in [3.8, 4) is 5.75 Å². The number of carbonyl (C=O) groups is 2. The van der Waals surface area contributed by atoms with E-state index in [-0.39, 0.29) is 12.0 Å². The quantitative estimate of drug-likeness (QED) is 0.552. The molecule has 1 aromatic heterocycles. The van der Waals surface area contributed by atoms with Gasteiger partial charge in [-0.15, -0.1) is 0 Å². The van der Waals surface area contributed by atoms with Gasteiger partial charge in [-0.3, -0.25) is 4.79 Å². The Morgan fingerprint density at radius 1 is 1.09 bits per heavy atom. The van der Waals surface area contributed by atoms with E-state index < -0.39 is 0 Å². The molecule has 0 unspecified atom stereocenters. The fourth-order valence-corrected chi connectivity index (χ4v) is 4.65. The fraction of sp³-hybridized carbons (Fsp3) is 0.292. The molecule has 2 heterocycles. The Hall–Kier alpha value is -3.26. The molecule has 1 N–H and O–H groups in total. The lowest BCUT2D eigenvalue weighted by Crippen LogP contribution is -2.40. The lowest BCUT2D eigenvalue weighted by Gasteiger charge is -2.31. The van der Waals surface area contributed by atoms with Gasteiger partial charge in [0.15, 0.2) is 5.16 Å². The maximum atomic E-state index is 12.5. The van der Waals surface area contributed by atoms with Crippen molar-refractivity contribution in [2.75, 3.05) is 24.2 Å². The first-order chi connectivity index (χ1) is 15.6. The van der Waals surface area contributed by atoms with E-state index in [4.69, 9.17) is 4.74 Å². The van der Waals surface area contributed by atoms with Crippen LogP contribution < -0.4 is 10.1 Å². The van der Waals surface area contributed by atoms with Crippen molar-refractivity contribution in [1.82, 2.24) is 14.5 Å². The Kier molecular flexibility index (Phi) is 7.11. The van der Waals surface area contributed by atoms with Crippen molar-refractivity contribution in [1.29, 1.82) is 0 Å². The van der Waals surface area contributed by atoms with Crippen LogP contribution in [0.3, 0.4) is 0 Å². The van der Waals surface area contributed by atoms with Crippen LogP contribution in [0.25, 0.3) is 0 Å². The molecule has 1 saturated heterocycles. The van der Waals surface area contributed by atoms with Crippen molar-refractivity contribution in [3.63, 3.8) is 0 Å². The molecule has 32 heavy (non-hydrogen) atoms. The third-order valence-electron chi connectivity index (χ3n) is 5.45. The summed E-state index contributed by atoms with van der Waals surface area (Å²) in [6.45, 7) is 1.38. The predicted molar refractivity (Wildman–Crippen MR) is 125 cm³/mol. The first kappa shape index (κ1) is 22.0. The highest BCUT2D eigenvalue weighted by Crippen LogP contribution is 2.26. The number of piperidine rings is 1. The molecule has 1 aliphatic rings. The molecule has 0 radical (unpaired) electrons. The lowest BCUT2D eigenvalue weighted by molar-refractivity contribution is 0.102. The van der Waals surface area contributed by atoms with Crippen molar-refractivity contribution >= 4 is 29.4 Å². The second kappa shape index (κ2) is 10.4. The normalized spacial score (nSPS) is 14.2. The van der Waals surface area contributed by atoms with E-state index in [1.807, 2.05) is 42.2 Å². The Labute approximate surface area is 191 Å². The maximum Gasteiger partial charge on any atom is 0.415 e. The summed E-state index contributed by atoms with van der Waals surface area (Å²) in [6, 6.07) is 15.8. The number of nitrogens with zero attached hydrogens (tertiary/aromatic N) is 3. The molecule has 166 valence electrons. The number of aromatic nitrogens is 2. The predicted octanol–water partition coefficient (Wildman–Crippen LogP) is 4.68. The molecular formula is C24H26N4O3S. The molecule has 0 bridgehead atoms. The number of hydrogen-bond donors (Lipinski definition) is 1. The molecule has 2 aromatic carbocycles. The molecule has 8 heteroatoms. The van der Waals surface area contributed by atoms with Crippen molar-refractivity contribution < 1.29 is 14.3 Å². The summed E-state index contributed by atoms with van der Waals surface area (Å²) in [6.07, 6.45) is 5.34. The van der Waals surface area contributed by atoms with Gasteiger partial charge >= 0.3 is 6.09 Å².